The molecule has 4 aromatic carbocycles. The van der Waals surface area contributed by atoms with E-state index in [1.54, 1.807) is 24.3 Å². The van der Waals surface area contributed by atoms with E-state index >= 15 is 0 Å². The lowest BCUT2D eigenvalue weighted by molar-refractivity contribution is -0.153. The van der Waals surface area contributed by atoms with E-state index in [0.717, 1.165) is 21.9 Å². The van der Waals surface area contributed by atoms with Crippen molar-refractivity contribution in [2.45, 2.75) is 63.7 Å². The molecule has 10 heteroatoms. The lowest BCUT2D eigenvalue weighted by atomic mass is 10.0. The highest BCUT2D eigenvalue weighted by Crippen LogP contribution is 2.20. The third-order valence-electron chi connectivity index (χ3n) is 7.78. The Kier molecular flexibility index (Phi) is 13.2. The number of ether oxygens (including phenoxy) is 3. The van der Waals surface area contributed by atoms with Crippen LogP contribution in [0.1, 0.15) is 59.2 Å². The smallest absolute Gasteiger partial charge is 0.328 e. The van der Waals surface area contributed by atoms with Crippen LogP contribution < -0.4 is 11.1 Å². The van der Waals surface area contributed by atoms with Crippen LogP contribution in [-0.4, -0.2) is 49.0 Å². The minimum Gasteiger partial charge on any atom is -0.469 e. The summed E-state index contributed by atoms with van der Waals surface area (Å²) in [7, 11) is 1.29. The van der Waals surface area contributed by atoms with Crippen molar-refractivity contribution >= 4 is 40.5 Å². The Hall–Kier alpha value is -5.51. The molecule has 3 N–H and O–H groups in total. The van der Waals surface area contributed by atoms with E-state index in [-0.39, 0.29) is 57.1 Å². The van der Waals surface area contributed by atoms with Gasteiger partial charge in [-0.3, -0.25) is 19.2 Å². The molecule has 0 aromatic heterocycles. The molecule has 0 aliphatic rings. The van der Waals surface area contributed by atoms with Gasteiger partial charge in [0.15, 0.2) is 0 Å². The average Bonchev–Trinajstić information content (AvgIpc) is 3.09. The van der Waals surface area contributed by atoms with Crippen molar-refractivity contribution < 1.29 is 38.2 Å². The second-order valence-electron chi connectivity index (χ2n) is 11.4. The van der Waals surface area contributed by atoms with Gasteiger partial charge in [0.1, 0.15) is 18.8 Å². The molecule has 0 saturated carbocycles. The van der Waals surface area contributed by atoms with E-state index in [9.17, 15) is 24.0 Å². The van der Waals surface area contributed by atoms with E-state index in [2.05, 4.69) is 5.32 Å². The van der Waals surface area contributed by atoms with Gasteiger partial charge < -0.3 is 25.3 Å². The van der Waals surface area contributed by atoms with Crippen molar-refractivity contribution in [3.05, 3.63) is 119 Å². The normalized spacial score (nSPS) is 12.0. The van der Waals surface area contributed by atoms with Crippen LogP contribution in [-0.2, 0) is 52.8 Å². The molecule has 0 aliphatic carbocycles. The molecule has 0 heterocycles. The number of hydrogen-bond acceptors (Lipinski definition) is 8. The van der Waals surface area contributed by atoms with Crippen molar-refractivity contribution in [3.63, 3.8) is 0 Å². The van der Waals surface area contributed by atoms with Gasteiger partial charge >= 0.3 is 17.9 Å². The van der Waals surface area contributed by atoms with Crippen molar-refractivity contribution in [3.8, 4) is 0 Å². The molecular formula is C38H40N2O8. The van der Waals surface area contributed by atoms with Gasteiger partial charge in [-0.15, -0.1) is 0 Å². The van der Waals surface area contributed by atoms with Crippen LogP contribution >= 0.6 is 0 Å². The zero-order valence-electron chi connectivity index (χ0n) is 26.9. The van der Waals surface area contributed by atoms with Crippen LogP contribution in [0.4, 0.5) is 0 Å². The molecule has 0 radical (unpaired) electrons. The first kappa shape index (κ1) is 35.3. The van der Waals surface area contributed by atoms with Crippen LogP contribution in [0, 0.1) is 0 Å². The molecule has 0 spiro atoms. The van der Waals surface area contributed by atoms with Crippen molar-refractivity contribution in [2.24, 2.45) is 5.73 Å². The van der Waals surface area contributed by atoms with E-state index in [1.165, 1.54) is 7.11 Å². The largest absolute Gasteiger partial charge is 0.469 e. The fourth-order valence-electron chi connectivity index (χ4n) is 5.30. The van der Waals surface area contributed by atoms with E-state index in [1.807, 2.05) is 72.8 Å². The second-order valence-corrected chi connectivity index (χ2v) is 11.4. The number of nitrogens with two attached hydrogens (primary N) is 1. The summed E-state index contributed by atoms with van der Waals surface area (Å²) in [6.07, 6.45) is -0.282. The molecule has 0 unspecified atom stereocenters. The first-order valence-electron chi connectivity index (χ1n) is 15.8. The van der Waals surface area contributed by atoms with Crippen LogP contribution in [0.3, 0.4) is 0 Å². The Morgan fingerprint density at radius 3 is 2.23 bits per heavy atom. The predicted molar refractivity (Wildman–Crippen MR) is 179 cm³/mol. The zero-order chi connectivity index (χ0) is 34.3. The molecule has 0 fully saturated rings. The minimum atomic E-state index is -1.15. The highest BCUT2D eigenvalue weighted by molar-refractivity contribution is 5.98. The highest BCUT2D eigenvalue weighted by Gasteiger charge is 2.28. The fourth-order valence-corrected chi connectivity index (χ4v) is 5.30. The first-order valence-corrected chi connectivity index (χ1v) is 15.8. The third kappa shape index (κ3) is 11.1. The first-order chi connectivity index (χ1) is 23.2. The maximum atomic E-state index is 13.7. The SMILES string of the molecule is COC(=O)CCc1ccccc1C(=O)N[C@@H](CCCC(=O)OCc1ccccc1)C(=O)O[C@H](CC(N)=O)Cc1ccc2ccccc2c1. The fraction of sp³-hybridized carbons (Fsp3) is 0.289. The van der Waals surface area contributed by atoms with Gasteiger partial charge in [0.05, 0.1) is 13.5 Å². The van der Waals surface area contributed by atoms with Gasteiger partial charge in [-0.25, -0.2) is 4.79 Å². The van der Waals surface area contributed by atoms with Crippen LogP contribution in [0.2, 0.25) is 0 Å². The van der Waals surface area contributed by atoms with Gasteiger partial charge in [-0.1, -0.05) is 91.0 Å². The van der Waals surface area contributed by atoms with E-state index < -0.39 is 41.9 Å². The second kappa shape index (κ2) is 18.0. The number of aryl methyl sites for hydroxylation is 1. The van der Waals surface area contributed by atoms with Gasteiger partial charge in [0.25, 0.3) is 5.91 Å². The summed E-state index contributed by atoms with van der Waals surface area (Å²) in [5.74, 6) is -2.83. The molecule has 4 aromatic rings. The lowest BCUT2D eigenvalue weighted by Gasteiger charge is -2.23. The highest BCUT2D eigenvalue weighted by atomic mass is 16.5. The monoisotopic (exact) mass is 652 g/mol. The van der Waals surface area contributed by atoms with Crippen LogP contribution in [0.5, 0.6) is 0 Å². The van der Waals surface area contributed by atoms with Crippen molar-refractivity contribution in [1.29, 1.82) is 0 Å². The zero-order valence-corrected chi connectivity index (χ0v) is 26.9. The van der Waals surface area contributed by atoms with E-state index in [0.29, 0.717) is 5.56 Å². The molecule has 250 valence electrons. The van der Waals surface area contributed by atoms with Gasteiger partial charge in [0, 0.05) is 24.8 Å². The third-order valence-corrected chi connectivity index (χ3v) is 7.78. The summed E-state index contributed by atoms with van der Waals surface area (Å²) in [6.45, 7) is 0.119. The summed E-state index contributed by atoms with van der Waals surface area (Å²) in [6, 6.07) is 28.5. The van der Waals surface area contributed by atoms with Crippen LogP contribution in [0.25, 0.3) is 10.8 Å². The number of benzene rings is 4. The molecule has 4 rings (SSSR count). The summed E-state index contributed by atoms with van der Waals surface area (Å²) in [4.78, 5) is 63.4. The van der Waals surface area contributed by atoms with Gasteiger partial charge in [0.2, 0.25) is 5.91 Å². The molecule has 0 saturated heterocycles. The number of carbonyl (C=O) groups is 5. The maximum absolute atomic E-state index is 13.7. The number of carbonyl (C=O) groups excluding carboxylic acids is 5. The van der Waals surface area contributed by atoms with Gasteiger partial charge in [-0.05, 0) is 52.8 Å². The number of amides is 2. The molecule has 2 amide bonds. The van der Waals surface area contributed by atoms with Gasteiger partial charge in [-0.2, -0.15) is 0 Å². The number of esters is 3. The summed E-state index contributed by atoms with van der Waals surface area (Å²) in [5, 5.41) is 4.79. The molecule has 0 bridgehead atoms. The number of nitrogens with one attached hydrogen (secondary N) is 1. The topological polar surface area (TPSA) is 151 Å². The number of rotatable bonds is 17. The molecule has 48 heavy (non-hydrogen) atoms. The number of primary amides is 1. The number of fused-ring (bicyclic) bond motifs is 1. The number of methoxy groups -OCH3 is 1. The van der Waals surface area contributed by atoms with Crippen LogP contribution in [0.15, 0.2) is 97.1 Å². The quantitative estimate of drug-likeness (QED) is 0.120. The maximum Gasteiger partial charge on any atom is 0.328 e. The molecule has 2 atom stereocenters. The molecular weight excluding hydrogens is 612 g/mol. The lowest BCUT2D eigenvalue weighted by Crippen LogP contribution is -2.44. The van der Waals surface area contributed by atoms with Crippen molar-refractivity contribution in [2.75, 3.05) is 7.11 Å². The Morgan fingerprint density at radius 1 is 0.771 bits per heavy atom. The predicted octanol–water partition coefficient (Wildman–Crippen LogP) is 4.99. The Balaban J connectivity index is 1.48. The Bertz CT molecular complexity index is 1720. The molecule has 10 nitrogen and oxygen atoms in total. The Labute approximate surface area is 279 Å². The molecule has 0 aliphatic heterocycles. The Morgan fingerprint density at radius 2 is 1.48 bits per heavy atom. The standard InChI is InChI=1S/C38H40N2O8/c1-46-35(42)21-20-29-13-7-8-15-32(29)37(44)40-33(16-9-17-36(43)47-25-26-10-3-2-4-11-26)38(45)48-31(24-34(39)41)23-27-18-19-28-12-5-6-14-30(28)22-27/h2-8,10-15,18-19,22,31,33H,9,16-17,20-21,23-25H2,1H3,(H2,39,41)(H,40,44)/t31-,33-/m0/s1. The minimum absolute atomic E-state index is 0.00397. The van der Waals surface area contributed by atoms with Crippen molar-refractivity contribution in [1.82, 2.24) is 5.32 Å². The summed E-state index contributed by atoms with van der Waals surface area (Å²) >= 11 is 0. The summed E-state index contributed by atoms with van der Waals surface area (Å²) < 4.78 is 15.9. The average molecular weight is 653 g/mol. The number of hydrogen-bond donors (Lipinski definition) is 2. The summed E-state index contributed by atoms with van der Waals surface area (Å²) in [5.41, 5.74) is 8.09. The van der Waals surface area contributed by atoms with E-state index in [4.69, 9.17) is 19.9 Å².